The fourth-order valence-corrected chi connectivity index (χ4v) is 1.63. The van der Waals surface area contributed by atoms with Crippen molar-refractivity contribution < 1.29 is 13.6 Å². The van der Waals surface area contributed by atoms with Crippen LogP contribution in [0.1, 0.15) is 30.6 Å². The number of rotatable bonds is 4. The number of amides is 1. The van der Waals surface area contributed by atoms with E-state index in [0.29, 0.717) is 12.5 Å². The first-order valence-corrected chi connectivity index (χ1v) is 5.86. The van der Waals surface area contributed by atoms with Crippen molar-refractivity contribution in [3.05, 3.63) is 29.3 Å². The van der Waals surface area contributed by atoms with Crippen LogP contribution in [0.15, 0.2) is 12.1 Å². The fraction of sp³-hybridized carbons (Fsp3) is 0.462. The third-order valence-corrected chi connectivity index (χ3v) is 2.95. The average molecular weight is 256 g/mol. The highest BCUT2D eigenvalue weighted by Gasteiger charge is 2.18. The molecule has 0 aromatic heterocycles. The third kappa shape index (κ3) is 3.18. The predicted molar refractivity (Wildman–Crippen MR) is 67.2 cm³/mol. The lowest BCUT2D eigenvalue weighted by atomic mass is 10.1. The summed E-state index contributed by atoms with van der Waals surface area (Å²) in [5.41, 5.74) is 5.49. The maximum absolute atomic E-state index is 13.1. The summed E-state index contributed by atoms with van der Waals surface area (Å²) in [6.45, 7) is 4.58. The van der Waals surface area contributed by atoms with Gasteiger partial charge in [-0.05, 0) is 12.0 Å². The lowest BCUT2D eigenvalue weighted by molar-refractivity contribution is 0.0775. The van der Waals surface area contributed by atoms with E-state index in [4.69, 9.17) is 5.73 Å². The number of halogens is 2. The van der Waals surface area contributed by atoms with Gasteiger partial charge >= 0.3 is 0 Å². The zero-order valence-corrected chi connectivity index (χ0v) is 10.8. The minimum absolute atomic E-state index is 0.000275. The molecule has 0 saturated heterocycles. The highest BCUT2D eigenvalue weighted by molar-refractivity contribution is 5.99. The second-order valence-electron chi connectivity index (χ2n) is 4.55. The maximum Gasteiger partial charge on any atom is 0.255 e. The van der Waals surface area contributed by atoms with Gasteiger partial charge in [0.1, 0.15) is 0 Å². The molecule has 1 aromatic carbocycles. The van der Waals surface area contributed by atoms with E-state index in [0.717, 1.165) is 18.6 Å². The van der Waals surface area contributed by atoms with Gasteiger partial charge in [-0.3, -0.25) is 4.79 Å². The van der Waals surface area contributed by atoms with Crippen LogP contribution >= 0.6 is 0 Å². The first kappa shape index (κ1) is 14.4. The third-order valence-electron chi connectivity index (χ3n) is 2.95. The van der Waals surface area contributed by atoms with Gasteiger partial charge in [-0.2, -0.15) is 0 Å². The summed E-state index contributed by atoms with van der Waals surface area (Å²) < 4.78 is 26.0. The maximum atomic E-state index is 13.1. The molecule has 0 fully saturated rings. The van der Waals surface area contributed by atoms with Crippen LogP contribution < -0.4 is 5.73 Å². The van der Waals surface area contributed by atoms with Crippen molar-refractivity contribution in [1.29, 1.82) is 0 Å². The molecule has 0 bridgehead atoms. The molecule has 2 N–H and O–H groups in total. The van der Waals surface area contributed by atoms with E-state index < -0.39 is 17.5 Å². The summed E-state index contributed by atoms with van der Waals surface area (Å²) in [4.78, 5) is 13.5. The zero-order valence-electron chi connectivity index (χ0n) is 10.8. The number of nitrogens with zero attached hydrogens (tertiary/aromatic N) is 1. The van der Waals surface area contributed by atoms with Gasteiger partial charge in [0.2, 0.25) is 0 Å². The Balaban J connectivity index is 2.93. The van der Waals surface area contributed by atoms with Crippen molar-refractivity contribution in [3.63, 3.8) is 0 Å². The number of carbonyl (C=O) groups excluding carboxylic acids is 1. The molecule has 1 aromatic rings. The highest BCUT2D eigenvalue weighted by atomic mass is 19.2. The van der Waals surface area contributed by atoms with Crippen molar-refractivity contribution in [2.75, 3.05) is 19.3 Å². The molecule has 18 heavy (non-hydrogen) atoms. The minimum Gasteiger partial charge on any atom is -0.398 e. The van der Waals surface area contributed by atoms with Gasteiger partial charge in [0, 0.05) is 25.3 Å². The molecule has 1 amide bonds. The van der Waals surface area contributed by atoms with Crippen molar-refractivity contribution in [1.82, 2.24) is 4.90 Å². The van der Waals surface area contributed by atoms with E-state index in [2.05, 4.69) is 0 Å². The molecule has 1 rings (SSSR count). The Morgan fingerprint density at radius 1 is 1.39 bits per heavy atom. The molecule has 1 atom stereocenters. The van der Waals surface area contributed by atoms with Gasteiger partial charge in [-0.25, -0.2) is 8.78 Å². The Kier molecular flexibility index (Phi) is 4.64. The molecule has 0 heterocycles. The molecule has 0 aliphatic carbocycles. The van der Waals surface area contributed by atoms with Crippen molar-refractivity contribution in [3.8, 4) is 0 Å². The molecule has 0 spiro atoms. The van der Waals surface area contributed by atoms with Crippen LogP contribution in [-0.2, 0) is 0 Å². The smallest absolute Gasteiger partial charge is 0.255 e. The van der Waals surface area contributed by atoms with Crippen LogP contribution in [0.25, 0.3) is 0 Å². The van der Waals surface area contributed by atoms with Gasteiger partial charge < -0.3 is 10.6 Å². The van der Waals surface area contributed by atoms with Crippen molar-refractivity contribution >= 4 is 11.6 Å². The quantitative estimate of drug-likeness (QED) is 0.842. The van der Waals surface area contributed by atoms with Crippen molar-refractivity contribution in [2.45, 2.75) is 20.3 Å². The minimum atomic E-state index is -1.07. The standard InChI is InChI=1S/C13H18F2N2O/c1-4-8(2)7-17(3)13(18)9-5-10(14)11(15)6-12(9)16/h5-6,8H,4,7,16H2,1-3H3. The number of nitrogen functional groups attached to an aromatic ring is 1. The van der Waals surface area contributed by atoms with Crippen LogP contribution in [0.3, 0.4) is 0 Å². The lowest BCUT2D eigenvalue weighted by Gasteiger charge is -2.21. The Labute approximate surface area is 106 Å². The predicted octanol–water partition coefficient (Wildman–Crippen LogP) is 2.67. The van der Waals surface area contributed by atoms with E-state index in [-0.39, 0.29) is 11.3 Å². The van der Waals surface area contributed by atoms with Gasteiger partial charge in [0.25, 0.3) is 5.91 Å². The SMILES string of the molecule is CCC(C)CN(C)C(=O)c1cc(F)c(F)cc1N. The zero-order chi connectivity index (χ0) is 13.9. The Morgan fingerprint density at radius 3 is 2.50 bits per heavy atom. The first-order chi connectivity index (χ1) is 8.36. The summed E-state index contributed by atoms with van der Waals surface area (Å²) >= 11 is 0. The van der Waals surface area contributed by atoms with Gasteiger partial charge in [0.05, 0.1) is 5.56 Å². The van der Waals surface area contributed by atoms with E-state index >= 15 is 0 Å². The fourth-order valence-electron chi connectivity index (χ4n) is 1.63. The second kappa shape index (κ2) is 5.80. The topological polar surface area (TPSA) is 46.3 Å². The molecule has 100 valence electrons. The molecule has 0 radical (unpaired) electrons. The van der Waals surface area contributed by atoms with E-state index in [9.17, 15) is 13.6 Å². The lowest BCUT2D eigenvalue weighted by Crippen LogP contribution is -2.31. The Morgan fingerprint density at radius 2 is 1.94 bits per heavy atom. The second-order valence-corrected chi connectivity index (χ2v) is 4.55. The Bertz CT molecular complexity index is 449. The monoisotopic (exact) mass is 256 g/mol. The van der Waals surface area contributed by atoms with Crippen LogP contribution in [0.5, 0.6) is 0 Å². The largest absolute Gasteiger partial charge is 0.398 e. The van der Waals surface area contributed by atoms with Crippen LogP contribution in [0, 0.1) is 17.6 Å². The van der Waals surface area contributed by atoms with Gasteiger partial charge in [0.15, 0.2) is 11.6 Å². The molecule has 0 aliphatic heterocycles. The molecule has 5 heteroatoms. The normalized spacial score (nSPS) is 12.3. The molecular formula is C13H18F2N2O. The molecular weight excluding hydrogens is 238 g/mol. The van der Waals surface area contributed by atoms with Crippen molar-refractivity contribution in [2.24, 2.45) is 5.92 Å². The van der Waals surface area contributed by atoms with Gasteiger partial charge in [-0.1, -0.05) is 20.3 Å². The number of nitrogens with two attached hydrogens (primary N) is 1. The molecule has 1 unspecified atom stereocenters. The number of hydrogen-bond acceptors (Lipinski definition) is 2. The van der Waals surface area contributed by atoms with E-state index in [1.54, 1.807) is 7.05 Å². The van der Waals surface area contributed by atoms with Crippen LogP contribution in [0.2, 0.25) is 0 Å². The number of benzene rings is 1. The molecule has 0 aliphatic rings. The Hall–Kier alpha value is -1.65. The summed E-state index contributed by atoms with van der Waals surface area (Å²) in [7, 11) is 1.62. The van der Waals surface area contributed by atoms with Crippen LogP contribution in [-0.4, -0.2) is 24.4 Å². The number of hydrogen-bond donors (Lipinski definition) is 1. The molecule has 3 nitrogen and oxygen atoms in total. The van der Waals surface area contributed by atoms with Gasteiger partial charge in [-0.15, -0.1) is 0 Å². The number of carbonyl (C=O) groups is 1. The first-order valence-electron chi connectivity index (χ1n) is 5.86. The highest BCUT2D eigenvalue weighted by Crippen LogP contribution is 2.19. The number of anilines is 1. The average Bonchev–Trinajstić information content (AvgIpc) is 2.32. The van der Waals surface area contributed by atoms with E-state index in [1.807, 2.05) is 13.8 Å². The summed E-state index contributed by atoms with van der Waals surface area (Å²) in [5.74, 6) is -2.17. The summed E-state index contributed by atoms with van der Waals surface area (Å²) in [5, 5.41) is 0. The van der Waals surface area contributed by atoms with E-state index in [1.165, 1.54) is 4.90 Å². The molecule has 0 saturated carbocycles. The summed E-state index contributed by atoms with van der Waals surface area (Å²) in [6.07, 6.45) is 0.935. The van der Waals surface area contributed by atoms with Crippen LogP contribution in [0.4, 0.5) is 14.5 Å². The summed E-state index contributed by atoms with van der Waals surface area (Å²) in [6, 6.07) is 1.68.